The van der Waals surface area contributed by atoms with Crippen molar-refractivity contribution in [2.24, 2.45) is 0 Å². The van der Waals surface area contributed by atoms with Crippen molar-refractivity contribution in [3.05, 3.63) is 96.6 Å². The van der Waals surface area contributed by atoms with Gasteiger partial charge in [-0.15, -0.1) is 0 Å². The molecule has 2 nitrogen and oxygen atoms in total. The summed E-state index contributed by atoms with van der Waals surface area (Å²) < 4.78 is 0. The fraction of sp³-hybridized carbons (Fsp3) is 0.0952. The summed E-state index contributed by atoms with van der Waals surface area (Å²) in [6.45, 7) is 0. The van der Waals surface area contributed by atoms with Crippen LogP contribution in [-0.2, 0) is 11.8 Å². The summed E-state index contributed by atoms with van der Waals surface area (Å²) in [4.78, 5) is 0. The van der Waals surface area contributed by atoms with Crippen molar-refractivity contribution >= 4 is 28.6 Å². The van der Waals surface area contributed by atoms with Gasteiger partial charge in [0.25, 0.3) is 0 Å². The van der Waals surface area contributed by atoms with Crippen LogP contribution < -0.4 is 15.7 Å². The third kappa shape index (κ3) is 4.06. The third-order valence-electron chi connectivity index (χ3n) is 4.07. The Hall–Kier alpha value is -2.24. The second-order valence-electron chi connectivity index (χ2n) is 5.73. The van der Waals surface area contributed by atoms with E-state index in [-0.39, 0.29) is 6.04 Å². The molecule has 0 amide bonds. The molecular formula is C21H19N2PS. The minimum atomic E-state index is -2.24. The van der Waals surface area contributed by atoms with Gasteiger partial charge < -0.3 is 0 Å². The monoisotopic (exact) mass is 362 g/mol. The van der Waals surface area contributed by atoms with Gasteiger partial charge in [0.1, 0.15) is 0 Å². The summed E-state index contributed by atoms with van der Waals surface area (Å²) in [5.41, 5.74) is 1.09. The highest BCUT2D eigenvalue weighted by molar-refractivity contribution is 8.20. The molecule has 0 spiro atoms. The van der Waals surface area contributed by atoms with Gasteiger partial charge in [0.05, 0.1) is 18.7 Å². The smallest absolute Gasteiger partial charge is 0.0689 e. The Labute approximate surface area is 154 Å². The number of benzene rings is 3. The zero-order valence-electron chi connectivity index (χ0n) is 13.7. The molecular weight excluding hydrogens is 343 g/mol. The molecule has 0 radical (unpaired) electrons. The Kier molecular flexibility index (Phi) is 5.79. The quantitative estimate of drug-likeness (QED) is 0.665. The molecule has 3 aromatic rings. The maximum atomic E-state index is 9.32. The van der Waals surface area contributed by atoms with E-state index in [0.29, 0.717) is 6.42 Å². The van der Waals surface area contributed by atoms with Gasteiger partial charge in [-0.2, -0.15) is 5.26 Å². The second kappa shape index (κ2) is 8.23. The molecule has 3 rings (SSSR count). The van der Waals surface area contributed by atoms with Gasteiger partial charge in [-0.3, -0.25) is 5.09 Å². The van der Waals surface area contributed by atoms with Crippen molar-refractivity contribution in [1.82, 2.24) is 5.09 Å². The van der Waals surface area contributed by atoms with Crippen molar-refractivity contribution in [2.45, 2.75) is 12.5 Å². The number of rotatable bonds is 6. The second-order valence-corrected chi connectivity index (χ2v) is 9.89. The molecule has 0 saturated carbocycles. The zero-order valence-corrected chi connectivity index (χ0v) is 15.5. The molecule has 0 unspecified atom stereocenters. The van der Waals surface area contributed by atoms with Crippen LogP contribution in [0.3, 0.4) is 0 Å². The number of nitrogens with one attached hydrogen (secondary N) is 1. The summed E-state index contributed by atoms with van der Waals surface area (Å²) in [6, 6.07) is 32.6. The van der Waals surface area contributed by atoms with Crippen LogP contribution in [0.15, 0.2) is 91.0 Å². The van der Waals surface area contributed by atoms with Gasteiger partial charge in [-0.1, -0.05) is 103 Å². The molecule has 1 atom stereocenters. The Morgan fingerprint density at radius 1 is 0.800 bits per heavy atom. The van der Waals surface area contributed by atoms with E-state index in [9.17, 15) is 5.26 Å². The van der Waals surface area contributed by atoms with Crippen LogP contribution >= 0.6 is 6.19 Å². The predicted molar refractivity (Wildman–Crippen MR) is 109 cm³/mol. The van der Waals surface area contributed by atoms with Gasteiger partial charge >= 0.3 is 0 Å². The summed E-state index contributed by atoms with van der Waals surface area (Å²) in [7, 11) is 0. The molecule has 0 aromatic heterocycles. The first-order chi connectivity index (χ1) is 12.2. The average Bonchev–Trinajstić information content (AvgIpc) is 2.69. The molecule has 3 aromatic carbocycles. The van der Waals surface area contributed by atoms with Crippen molar-refractivity contribution in [3.63, 3.8) is 0 Å². The fourth-order valence-corrected chi connectivity index (χ4v) is 6.38. The maximum absolute atomic E-state index is 9.32. The molecule has 124 valence electrons. The van der Waals surface area contributed by atoms with E-state index in [0.717, 1.165) is 16.2 Å². The third-order valence-corrected chi connectivity index (χ3v) is 8.38. The van der Waals surface area contributed by atoms with Crippen molar-refractivity contribution in [1.29, 1.82) is 5.26 Å². The lowest BCUT2D eigenvalue weighted by atomic mass is 10.1. The van der Waals surface area contributed by atoms with Gasteiger partial charge in [-0.05, 0) is 5.56 Å². The highest BCUT2D eigenvalue weighted by Crippen LogP contribution is 2.42. The summed E-state index contributed by atoms with van der Waals surface area (Å²) in [5.74, 6) is 0. The molecule has 0 aliphatic carbocycles. The van der Waals surface area contributed by atoms with E-state index >= 15 is 0 Å². The van der Waals surface area contributed by atoms with E-state index in [2.05, 4.69) is 35.4 Å². The Morgan fingerprint density at radius 3 is 1.68 bits per heavy atom. The standard InChI is InChI=1S/C21H19N2PS/c22-17-16-21(18-10-4-1-5-11-18)23-24(25,19-12-6-2-7-13-19)20-14-8-3-9-15-20/h1-15,21H,16H2,(H,23,25)/t21-/m1/s1. The predicted octanol–water partition coefficient (Wildman–Crippen LogP) is 4.28. The normalized spacial score (nSPS) is 12.3. The molecule has 0 aliphatic heterocycles. The Morgan fingerprint density at radius 2 is 1.24 bits per heavy atom. The molecule has 1 N–H and O–H groups in total. The van der Waals surface area contributed by atoms with Crippen LogP contribution in [0.1, 0.15) is 18.0 Å². The first kappa shape index (κ1) is 17.6. The zero-order chi connectivity index (χ0) is 17.5. The van der Waals surface area contributed by atoms with Gasteiger partial charge in [0, 0.05) is 16.7 Å². The lowest BCUT2D eigenvalue weighted by Crippen LogP contribution is -2.30. The van der Waals surface area contributed by atoms with E-state index in [1.165, 1.54) is 0 Å². The topological polar surface area (TPSA) is 35.8 Å². The van der Waals surface area contributed by atoms with Crippen LogP contribution in [0, 0.1) is 11.3 Å². The maximum Gasteiger partial charge on any atom is 0.0689 e. The van der Waals surface area contributed by atoms with E-state index in [1.54, 1.807) is 0 Å². The van der Waals surface area contributed by atoms with Crippen LogP contribution in [-0.4, -0.2) is 0 Å². The van der Waals surface area contributed by atoms with Gasteiger partial charge in [-0.25, -0.2) is 0 Å². The number of nitrogens with zero attached hydrogens (tertiary/aromatic N) is 1. The molecule has 4 heteroatoms. The van der Waals surface area contributed by atoms with Crippen LogP contribution in [0.5, 0.6) is 0 Å². The number of hydrogen-bond acceptors (Lipinski definition) is 2. The van der Waals surface area contributed by atoms with Crippen molar-refractivity contribution < 1.29 is 0 Å². The lowest BCUT2D eigenvalue weighted by Gasteiger charge is -2.29. The van der Waals surface area contributed by atoms with Crippen molar-refractivity contribution in [3.8, 4) is 6.07 Å². The van der Waals surface area contributed by atoms with Crippen LogP contribution in [0.2, 0.25) is 0 Å². The van der Waals surface area contributed by atoms with Crippen LogP contribution in [0.4, 0.5) is 0 Å². The molecule has 25 heavy (non-hydrogen) atoms. The minimum Gasteiger partial charge on any atom is -0.274 e. The first-order valence-corrected chi connectivity index (χ1v) is 11.0. The van der Waals surface area contributed by atoms with E-state index in [4.69, 9.17) is 11.8 Å². The Balaban J connectivity index is 2.06. The SMILES string of the molecule is N#CC[C@@H](NP(=S)(c1ccccc1)c1ccccc1)c1ccccc1. The van der Waals surface area contributed by atoms with Crippen molar-refractivity contribution in [2.75, 3.05) is 0 Å². The molecule has 0 fully saturated rings. The first-order valence-electron chi connectivity index (χ1n) is 8.15. The van der Waals surface area contributed by atoms with Gasteiger partial charge in [0.15, 0.2) is 0 Å². The van der Waals surface area contributed by atoms with E-state index < -0.39 is 6.19 Å². The summed E-state index contributed by atoms with van der Waals surface area (Å²) in [5, 5.41) is 15.2. The molecule has 0 saturated heterocycles. The number of nitriles is 1. The van der Waals surface area contributed by atoms with Gasteiger partial charge in [0.2, 0.25) is 0 Å². The Bertz CT molecular complexity index is 846. The molecule has 0 heterocycles. The minimum absolute atomic E-state index is 0.0996. The fourth-order valence-electron chi connectivity index (χ4n) is 2.81. The lowest BCUT2D eigenvalue weighted by molar-refractivity contribution is 0.689. The number of hydrogen-bond donors (Lipinski definition) is 1. The average molecular weight is 362 g/mol. The van der Waals surface area contributed by atoms with Crippen LogP contribution in [0.25, 0.3) is 0 Å². The summed E-state index contributed by atoms with van der Waals surface area (Å²) >= 11 is 6.22. The largest absolute Gasteiger partial charge is 0.274 e. The molecule has 0 aliphatic rings. The molecule has 0 bridgehead atoms. The highest BCUT2D eigenvalue weighted by atomic mass is 32.4. The highest BCUT2D eigenvalue weighted by Gasteiger charge is 2.26. The van der Waals surface area contributed by atoms with E-state index in [1.807, 2.05) is 66.7 Å². The summed E-state index contributed by atoms with van der Waals surface area (Å²) in [6.07, 6.45) is -1.87.